The summed E-state index contributed by atoms with van der Waals surface area (Å²) in [7, 11) is 5.40. The van der Waals surface area contributed by atoms with Gasteiger partial charge in [-0.1, -0.05) is 184 Å². The van der Waals surface area contributed by atoms with Crippen LogP contribution in [0.3, 0.4) is 0 Å². The summed E-state index contributed by atoms with van der Waals surface area (Å²) in [6.07, 6.45) is 50.0. The van der Waals surface area contributed by atoms with Crippen LogP contribution in [0.15, 0.2) is 48.6 Å². The lowest BCUT2D eigenvalue weighted by molar-refractivity contribution is -0.889. The fraction of sp³-hybridized carbons (Fsp3) is 0.784. The molecule has 0 aliphatic heterocycles. The summed E-state index contributed by atoms with van der Waals surface area (Å²) in [5.74, 6) is -1.78. The number of unbranched alkanes of at least 4 members (excludes halogenated alkanes) is 21. The molecule has 0 aliphatic carbocycles. The first-order chi connectivity index (χ1) is 28.6. The van der Waals surface area contributed by atoms with Crippen LogP contribution in [0.1, 0.15) is 206 Å². The first-order valence-electron chi connectivity index (χ1n) is 24.2. The third-order valence-electron chi connectivity index (χ3n) is 10.7. The SMILES string of the molecule is CC/C=C\C/C=C\C/C=C\C/C=C\CCCCC(=O)OC(COCCC(C(=O)[O-])[N+](C)(C)C)COC(=O)CCCCCCCCCCCCCCCCCCCCCC. The summed E-state index contributed by atoms with van der Waals surface area (Å²) in [5, 5.41) is 11.6. The Balaban J connectivity index is 4.29. The van der Waals surface area contributed by atoms with E-state index in [0.29, 0.717) is 12.8 Å². The highest BCUT2D eigenvalue weighted by Crippen LogP contribution is 2.16. The normalized spacial score (nSPS) is 13.3. The van der Waals surface area contributed by atoms with Crippen LogP contribution in [0.25, 0.3) is 0 Å². The van der Waals surface area contributed by atoms with Gasteiger partial charge in [0.1, 0.15) is 12.6 Å². The second-order valence-corrected chi connectivity index (χ2v) is 17.3. The Labute approximate surface area is 363 Å². The molecule has 2 unspecified atom stereocenters. The summed E-state index contributed by atoms with van der Waals surface area (Å²) < 4.78 is 17.2. The first-order valence-corrected chi connectivity index (χ1v) is 24.2. The van der Waals surface area contributed by atoms with E-state index in [9.17, 15) is 19.5 Å². The van der Waals surface area contributed by atoms with E-state index in [2.05, 4.69) is 62.5 Å². The quantitative estimate of drug-likeness (QED) is 0.0261. The second-order valence-electron chi connectivity index (χ2n) is 17.3. The highest BCUT2D eigenvalue weighted by molar-refractivity contribution is 5.70. The molecule has 0 aliphatic rings. The molecule has 0 rings (SSSR count). The van der Waals surface area contributed by atoms with Gasteiger partial charge in [-0.15, -0.1) is 0 Å². The molecule has 0 aromatic rings. The maximum absolute atomic E-state index is 12.7. The standard InChI is InChI=1S/C51H91NO7/c1-6-8-10-12-14-16-18-20-22-23-24-25-26-28-29-31-33-35-37-39-41-49(53)58-46-47(45-57-44-43-48(51(55)56)52(3,4)5)59-50(54)42-40-38-36-34-32-30-27-21-19-17-15-13-11-9-7-2/h9,11,15,17,21,27,32,34,47-48H,6-8,10,12-14,16,18-20,22-26,28-31,33,35-46H2,1-5H3/b11-9-,17-15-,27-21-,34-32-. The van der Waals surface area contributed by atoms with E-state index in [1.54, 1.807) is 21.1 Å². The van der Waals surface area contributed by atoms with E-state index in [0.717, 1.165) is 57.8 Å². The number of carboxylic acid groups (broad SMARTS) is 1. The summed E-state index contributed by atoms with van der Waals surface area (Å²) in [4.78, 5) is 36.9. The Bertz CT molecular complexity index is 1110. The van der Waals surface area contributed by atoms with E-state index in [1.807, 2.05) is 0 Å². The molecule has 0 aromatic heterocycles. The van der Waals surface area contributed by atoms with Crippen LogP contribution in [-0.2, 0) is 28.6 Å². The summed E-state index contributed by atoms with van der Waals surface area (Å²) in [6.45, 7) is 4.52. The molecule has 342 valence electrons. The van der Waals surface area contributed by atoms with Gasteiger partial charge < -0.3 is 28.6 Å². The number of rotatable bonds is 43. The maximum atomic E-state index is 12.7. The number of nitrogens with zero attached hydrogens (tertiary/aromatic N) is 1. The molecular formula is C51H91NO7. The molecule has 0 N–H and O–H groups in total. The minimum atomic E-state index is -1.13. The van der Waals surface area contributed by atoms with Gasteiger partial charge in [-0.2, -0.15) is 0 Å². The van der Waals surface area contributed by atoms with Crippen molar-refractivity contribution in [2.75, 3.05) is 41.0 Å². The van der Waals surface area contributed by atoms with Crippen LogP contribution in [0.5, 0.6) is 0 Å². The molecule has 0 aromatic carbocycles. The van der Waals surface area contributed by atoms with Crippen LogP contribution in [-0.4, -0.2) is 75.5 Å². The van der Waals surface area contributed by atoms with Crippen molar-refractivity contribution in [3.05, 3.63) is 48.6 Å². The van der Waals surface area contributed by atoms with Gasteiger partial charge >= 0.3 is 11.9 Å². The smallest absolute Gasteiger partial charge is 0.306 e. The number of carbonyl (C=O) groups is 3. The lowest BCUT2D eigenvalue weighted by Crippen LogP contribution is -2.55. The molecule has 2 atom stereocenters. The van der Waals surface area contributed by atoms with Gasteiger partial charge in [-0.05, 0) is 51.4 Å². The van der Waals surface area contributed by atoms with E-state index >= 15 is 0 Å². The predicted octanol–water partition coefficient (Wildman–Crippen LogP) is 12.3. The minimum Gasteiger partial charge on any atom is -0.544 e. The number of quaternary nitrogens is 1. The minimum absolute atomic E-state index is 0.0250. The van der Waals surface area contributed by atoms with Gasteiger partial charge in [0.25, 0.3) is 0 Å². The monoisotopic (exact) mass is 830 g/mol. The third kappa shape index (κ3) is 40.5. The maximum Gasteiger partial charge on any atom is 0.306 e. The molecule has 0 heterocycles. The molecule has 0 spiro atoms. The van der Waals surface area contributed by atoms with Gasteiger partial charge in [0.2, 0.25) is 0 Å². The average molecular weight is 830 g/mol. The largest absolute Gasteiger partial charge is 0.544 e. The van der Waals surface area contributed by atoms with Crippen LogP contribution in [0, 0.1) is 0 Å². The van der Waals surface area contributed by atoms with Crippen molar-refractivity contribution >= 4 is 17.9 Å². The topological polar surface area (TPSA) is 102 Å². The zero-order valence-electron chi connectivity index (χ0n) is 38.9. The Morgan fingerprint density at radius 2 is 0.949 bits per heavy atom. The van der Waals surface area contributed by atoms with Crippen LogP contribution < -0.4 is 5.11 Å². The first kappa shape index (κ1) is 56.3. The second kappa shape index (κ2) is 42.0. The van der Waals surface area contributed by atoms with Crippen LogP contribution >= 0.6 is 0 Å². The van der Waals surface area contributed by atoms with Gasteiger partial charge in [0.15, 0.2) is 6.10 Å². The van der Waals surface area contributed by atoms with E-state index in [4.69, 9.17) is 14.2 Å². The number of carbonyl (C=O) groups excluding carboxylic acids is 3. The Kier molecular flexibility index (Phi) is 40.1. The number of esters is 2. The van der Waals surface area contributed by atoms with Crippen molar-refractivity contribution in [2.24, 2.45) is 0 Å². The molecule has 0 fully saturated rings. The number of carboxylic acids is 1. The van der Waals surface area contributed by atoms with E-state index in [-0.39, 0.29) is 49.1 Å². The number of hydrogen-bond donors (Lipinski definition) is 0. The molecular weight excluding hydrogens is 739 g/mol. The van der Waals surface area contributed by atoms with Gasteiger partial charge in [-0.25, -0.2) is 0 Å². The fourth-order valence-electron chi connectivity index (χ4n) is 7.00. The molecule has 8 nitrogen and oxygen atoms in total. The van der Waals surface area contributed by atoms with Crippen molar-refractivity contribution in [3.63, 3.8) is 0 Å². The number of aliphatic carboxylic acids is 1. The fourth-order valence-corrected chi connectivity index (χ4v) is 7.00. The highest BCUT2D eigenvalue weighted by Gasteiger charge is 2.25. The molecule has 0 saturated carbocycles. The van der Waals surface area contributed by atoms with Crippen molar-refractivity contribution in [2.45, 2.75) is 219 Å². The van der Waals surface area contributed by atoms with Gasteiger partial charge in [0.05, 0.1) is 40.3 Å². The zero-order valence-corrected chi connectivity index (χ0v) is 38.9. The highest BCUT2D eigenvalue weighted by atomic mass is 16.6. The van der Waals surface area contributed by atoms with Crippen molar-refractivity contribution in [1.82, 2.24) is 0 Å². The van der Waals surface area contributed by atoms with Crippen LogP contribution in [0.4, 0.5) is 0 Å². The van der Waals surface area contributed by atoms with Crippen molar-refractivity contribution in [3.8, 4) is 0 Å². The summed E-state index contributed by atoms with van der Waals surface area (Å²) in [6, 6.07) is -0.733. The number of allylic oxidation sites excluding steroid dienone is 8. The van der Waals surface area contributed by atoms with Gasteiger partial charge in [0, 0.05) is 19.3 Å². The van der Waals surface area contributed by atoms with Crippen molar-refractivity contribution in [1.29, 1.82) is 0 Å². The van der Waals surface area contributed by atoms with Crippen molar-refractivity contribution < 1.29 is 38.2 Å². The Hall–Kier alpha value is -2.71. The predicted molar refractivity (Wildman–Crippen MR) is 245 cm³/mol. The van der Waals surface area contributed by atoms with Crippen LogP contribution in [0.2, 0.25) is 0 Å². The summed E-state index contributed by atoms with van der Waals surface area (Å²) >= 11 is 0. The zero-order chi connectivity index (χ0) is 43.5. The lowest BCUT2D eigenvalue weighted by atomic mass is 10.0. The number of hydrogen-bond acceptors (Lipinski definition) is 7. The third-order valence-corrected chi connectivity index (χ3v) is 10.7. The Morgan fingerprint density at radius 1 is 0.525 bits per heavy atom. The van der Waals surface area contributed by atoms with E-state index in [1.165, 1.54) is 109 Å². The molecule has 0 amide bonds. The number of likely N-dealkylation sites (N-methyl/N-ethyl adjacent to an activating group) is 1. The molecule has 0 saturated heterocycles. The Morgan fingerprint density at radius 3 is 1.41 bits per heavy atom. The average Bonchev–Trinajstić information content (AvgIpc) is 3.19. The molecule has 0 bridgehead atoms. The number of ether oxygens (including phenoxy) is 3. The molecule has 59 heavy (non-hydrogen) atoms. The molecule has 0 radical (unpaired) electrons. The van der Waals surface area contributed by atoms with E-state index < -0.39 is 18.1 Å². The molecule has 8 heteroatoms. The van der Waals surface area contributed by atoms with Gasteiger partial charge in [-0.3, -0.25) is 9.59 Å². The lowest BCUT2D eigenvalue weighted by Gasteiger charge is -2.34. The summed E-state index contributed by atoms with van der Waals surface area (Å²) in [5.41, 5.74) is 0.